The van der Waals surface area contributed by atoms with Gasteiger partial charge in [0.1, 0.15) is 17.9 Å². The molecule has 0 atom stereocenters. The van der Waals surface area contributed by atoms with E-state index >= 15 is 0 Å². The van der Waals surface area contributed by atoms with E-state index in [0.29, 0.717) is 13.1 Å². The number of ether oxygens (including phenoxy) is 1. The van der Waals surface area contributed by atoms with Gasteiger partial charge in [-0.1, -0.05) is 44.0 Å². The predicted molar refractivity (Wildman–Crippen MR) is 118 cm³/mol. The Morgan fingerprint density at radius 3 is 2.27 bits per heavy atom. The zero-order chi connectivity index (χ0) is 24.2. The fourth-order valence-corrected chi connectivity index (χ4v) is 3.52. The van der Waals surface area contributed by atoms with E-state index in [0.717, 1.165) is 23.0 Å². The second-order valence-electron chi connectivity index (χ2n) is 7.52. The number of aryl methyl sites for hydroxylation is 1. The Morgan fingerprint density at radius 2 is 1.73 bits per heavy atom. The molecule has 0 unspecified atom stereocenters. The van der Waals surface area contributed by atoms with Crippen LogP contribution in [0.4, 0.5) is 13.2 Å². The number of rotatable bonds is 9. The highest BCUT2D eigenvalue weighted by Gasteiger charge is 2.41. The smallest absolute Gasteiger partial charge is 0.453 e. The molecule has 5 nitrogen and oxygen atoms in total. The second-order valence-corrected chi connectivity index (χ2v) is 7.52. The summed E-state index contributed by atoms with van der Waals surface area (Å²) in [6.07, 6.45) is -1.02. The van der Waals surface area contributed by atoms with E-state index in [1.54, 1.807) is 24.3 Å². The Kier molecular flexibility index (Phi) is 7.28. The van der Waals surface area contributed by atoms with Crippen molar-refractivity contribution in [3.63, 3.8) is 0 Å². The van der Waals surface area contributed by atoms with Crippen molar-refractivity contribution in [3.05, 3.63) is 88.8 Å². The summed E-state index contributed by atoms with van der Waals surface area (Å²) in [7, 11) is 0. The molecule has 8 heteroatoms. The summed E-state index contributed by atoms with van der Waals surface area (Å²) in [6, 6.07) is 8.69. The Bertz CT molecular complexity index is 1200. The lowest BCUT2D eigenvalue weighted by atomic mass is 10.1. The fraction of sp³-hybridized carbons (Fsp3) is 0.240. The number of hydrogen-bond donors (Lipinski definition) is 1. The van der Waals surface area contributed by atoms with Gasteiger partial charge in [-0.15, -0.1) is 0 Å². The minimum atomic E-state index is -5.02. The molecule has 0 bridgehead atoms. The molecule has 0 saturated heterocycles. The summed E-state index contributed by atoms with van der Waals surface area (Å²) in [4.78, 5) is 13.9. The van der Waals surface area contributed by atoms with Crippen molar-refractivity contribution in [2.24, 2.45) is 0 Å². The largest absolute Gasteiger partial charge is 0.872 e. The molecule has 0 saturated carbocycles. The first-order valence-corrected chi connectivity index (χ1v) is 10.4. The van der Waals surface area contributed by atoms with Gasteiger partial charge in [-0.2, -0.15) is 13.2 Å². The molecule has 0 spiro atoms. The number of fused-ring (bicyclic) bond motifs is 1. The normalized spacial score (nSPS) is 11.7. The van der Waals surface area contributed by atoms with Crippen molar-refractivity contribution in [3.8, 4) is 17.2 Å². The molecule has 1 aromatic heterocycles. The van der Waals surface area contributed by atoms with Crippen LogP contribution in [0.15, 0.2) is 70.9 Å². The molecule has 174 valence electrons. The average Bonchev–Trinajstić information content (AvgIpc) is 2.77. The zero-order valence-corrected chi connectivity index (χ0v) is 18.1. The van der Waals surface area contributed by atoms with Crippen molar-refractivity contribution in [2.45, 2.75) is 26.1 Å². The van der Waals surface area contributed by atoms with Gasteiger partial charge in [0.25, 0.3) is 5.76 Å². The molecular formula is C25H24F3NO4. The summed E-state index contributed by atoms with van der Waals surface area (Å²) >= 11 is 0. The third-order valence-corrected chi connectivity index (χ3v) is 5.18. The first kappa shape index (κ1) is 24.1. The monoisotopic (exact) mass is 459 g/mol. The van der Waals surface area contributed by atoms with Crippen LogP contribution in [0.5, 0.6) is 17.2 Å². The SMILES string of the molecule is C=CC[NH+](CC=C)Cc1c([O-])ccc2c(=O)c(Oc3ccc(CC)cc3)c(C(F)(F)F)oc12. The van der Waals surface area contributed by atoms with Gasteiger partial charge in [0.15, 0.2) is 0 Å². The van der Waals surface area contributed by atoms with Crippen LogP contribution < -0.4 is 20.2 Å². The van der Waals surface area contributed by atoms with E-state index in [-0.39, 0.29) is 28.8 Å². The molecule has 0 amide bonds. The third-order valence-electron chi connectivity index (χ3n) is 5.18. The van der Waals surface area contributed by atoms with E-state index in [2.05, 4.69) is 13.2 Å². The molecule has 1 heterocycles. The summed E-state index contributed by atoms with van der Waals surface area (Å²) in [5.41, 5.74) is -0.451. The van der Waals surface area contributed by atoms with Crippen LogP contribution in [0.1, 0.15) is 23.8 Å². The molecule has 1 N–H and O–H groups in total. The average molecular weight is 459 g/mol. The predicted octanol–water partition coefficient (Wildman–Crippen LogP) is 4.00. The van der Waals surface area contributed by atoms with Crippen molar-refractivity contribution in [1.29, 1.82) is 0 Å². The van der Waals surface area contributed by atoms with Crippen LogP contribution in [0.2, 0.25) is 0 Å². The fourth-order valence-electron chi connectivity index (χ4n) is 3.52. The van der Waals surface area contributed by atoms with Gasteiger partial charge in [-0.25, -0.2) is 0 Å². The molecule has 0 fully saturated rings. The second kappa shape index (κ2) is 9.95. The van der Waals surface area contributed by atoms with Crippen LogP contribution in [0.25, 0.3) is 11.0 Å². The summed E-state index contributed by atoms with van der Waals surface area (Å²) in [5, 5.41) is 12.4. The van der Waals surface area contributed by atoms with E-state index < -0.39 is 28.9 Å². The number of alkyl halides is 3. The van der Waals surface area contributed by atoms with E-state index in [9.17, 15) is 23.1 Å². The lowest BCUT2D eigenvalue weighted by Crippen LogP contribution is -3.10. The number of halogens is 3. The topological polar surface area (TPSA) is 66.9 Å². The van der Waals surface area contributed by atoms with Crippen LogP contribution in [0.3, 0.4) is 0 Å². The molecular weight excluding hydrogens is 435 g/mol. The van der Waals surface area contributed by atoms with Crippen molar-refractivity contribution in [1.82, 2.24) is 0 Å². The number of nitrogens with one attached hydrogen (secondary N) is 1. The van der Waals surface area contributed by atoms with Crippen molar-refractivity contribution < 1.29 is 32.3 Å². The van der Waals surface area contributed by atoms with E-state index in [4.69, 9.17) is 9.15 Å². The molecule has 2 aromatic carbocycles. The van der Waals surface area contributed by atoms with E-state index in [1.807, 2.05) is 6.92 Å². The maximum Gasteiger partial charge on any atom is 0.453 e. The highest BCUT2D eigenvalue weighted by Crippen LogP contribution is 2.39. The maximum atomic E-state index is 13.9. The Hall–Kier alpha value is -3.52. The standard InChI is InChI=1S/C25H24F3NO4/c1-4-13-29(14-5-2)15-19-20(30)12-11-18-21(31)23(24(25(26,27)28)33-22(18)19)32-17-9-7-16(6-3)8-10-17/h4-5,7-12,30H,1-2,6,13-15H2,3H3. The van der Waals surface area contributed by atoms with Crippen LogP contribution >= 0.6 is 0 Å². The first-order valence-electron chi connectivity index (χ1n) is 10.4. The number of benzene rings is 2. The van der Waals surface area contributed by atoms with Gasteiger partial charge < -0.3 is 19.2 Å². The Morgan fingerprint density at radius 1 is 1.09 bits per heavy atom. The maximum absolute atomic E-state index is 13.9. The van der Waals surface area contributed by atoms with Crippen LogP contribution in [-0.2, 0) is 19.1 Å². The zero-order valence-electron chi connectivity index (χ0n) is 18.1. The quantitative estimate of drug-likeness (QED) is 0.492. The molecule has 0 aliphatic carbocycles. The summed E-state index contributed by atoms with van der Waals surface area (Å²) in [6.45, 7) is 10.2. The highest BCUT2D eigenvalue weighted by atomic mass is 19.4. The van der Waals surface area contributed by atoms with Crippen LogP contribution in [0, 0.1) is 0 Å². The molecule has 0 aliphatic heterocycles. The van der Waals surface area contributed by atoms with Gasteiger partial charge >= 0.3 is 6.18 Å². The highest BCUT2D eigenvalue weighted by molar-refractivity contribution is 5.83. The van der Waals surface area contributed by atoms with Crippen molar-refractivity contribution in [2.75, 3.05) is 13.1 Å². The van der Waals surface area contributed by atoms with Gasteiger partial charge in [0, 0.05) is 5.56 Å². The van der Waals surface area contributed by atoms with Crippen LogP contribution in [-0.4, -0.2) is 13.1 Å². The molecule has 33 heavy (non-hydrogen) atoms. The van der Waals surface area contributed by atoms with Crippen molar-refractivity contribution >= 4 is 11.0 Å². The molecule has 3 aromatic rings. The third kappa shape index (κ3) is 5.28. The summed E-state index contributed by atoms with van der Waals surface area (Å²) in [5.74, 6) is -3.00. The van der Waals surface area contributed by atoms with Gasteiger partial charge in [0.2, 0.25) is 11.2 Å². The van der Waals surface area contributed by atoms with E-state index in [1.165, 1.54) is 18.2 Å². The minimum Gasteiger partial charge on any atom is -0.872 e. The van der Waals surface area contributed by atoms with Gasteiger partial charge in [-0.3, -0.25) is 4.79 Å². The van der Waals surface area contributed by atoms with Gasteiger partial charge in [-0.05, 0) is 42.3 Å². The molecule has 3 rings (SSSR count). The molecule has 0 aliphatic rings. The lowest BCUT2D eigenvalue weighted by molar-refractivity contribution is -0.902. The Balaban J connectivity index is 2.20. The number of hydrogen-bond acceptors (Lipinski definition) is 4. The van der Waals surface area contributed by atoms with Gasteiger partial charge in [0.05, 0.1) is 18.5 Å². The first-order chi connectivity index (χ1) is 15.7. The minimum absolute atomic E-state index is 0.0207. The Labute approximate surface area is 189 Å². The molecule has 0 radical (unpaired) electrons. The lowest BCUT2D eigenvalue weighted by Gasteiger charge is -2.22. The summed E-state index contributed by atoms with van der Waals surface area (Å²) < 4.78 is 52.3. The number of quaternary nitrogens is 1.